The molecule has 3 nitrogen and oxygen atoms in total. The predicted octanol–water partition coefficient (Wildman–Crippen LogP) is 2.29. The molecule has 92 valence electrons. The van der Waals surface area contributed by atoms with Gasteiger partial charge in [0.25, 0.3) is 0 Å². The Labute approximate surface area is 98.7 Å². The lowest BCUT2D eigenvalue weighted by molar-refractivity contribution is 0.148. The van der Waals surface area contributed by atoms with Crippen LogP contribution in [0.25, 0.3) is 0 Å². The number of allylic oxidation sites excluding steroid dienone is 3. The molecule has 1 aliphatic rings. The molecule has 0 aromatic rings. The third kappa shape index (κ3) is 3.67. The molecule has 0 saturated heterocycles. The van der Waals surface area contributed by atoms with Gasteiger partial charge in [0.1, 0.15) is 0 Å². The highest BCUT2D eigenvalue weighted by molar-refractivity contribution is 7.88. The summed E-state index contributed by atoms with van der Waals surface area (Å²) in [5.41, 5.74) is 0.647. The molecule has 4 heteroatoms. The monoisotopic (exact) mass is 243 g/mol. The lowest BCUT2D eigenvalue weighted by Crippen LogP contribution is -2.31. The third-order valence-electron chi connectivity index (χ3n) is 3.17. The van der Waals surface area contributed by atoms with Gasteiger partial charge in [-0.15, -0.1) is 0 Å². The van der Waals surface area contributed by atoms with Crippen molar-refractivity contribution < 1.29 is 8.42 Å². The molecule has 2 atom stereocenters. The molecule has 0 aliphatic heterocycles. The molecule has 1 saturated carbocycles. The smallest absolute Gasteiger partial charge is 0.229 e. The Bertz CT molecular complexity index is 387. The zero-order valence-corrected chi connectivity index (χ0v) is 11.2. The van der Waals surface area contributed by atoms with Gasteiger partial charge < -0.3 is 0 Å². The molecular weight excluding hydrogens is 222 g/mol. The zero-order valence-electron chi connectivity index (χ0n) is 10.4. The summed E-state index contributed by atoms with van der Waals surface area (Å²) < 4.78 is 24.6. The van der Waals surface area contributed by atoms with Gasteiger partial charge in [0.05, 0.1) is 6.26 Å². The van der Waals surface area contributed by atoms with Crippen molar-refractivity contribution in [2.24, 2.45) is 17.8 Å². The number of hydrogen-bond donors (Lipinski definition) is 1. The first kappa shape index (κ1) is 13.3. The van der Waals surface area contributed by atoms with E-state index >= 15 is 0 Å². The van der Waals surface area contributed by atoms with Gasteiger partial charge >= 0.3 is 0 Å². The van der Waals surface area contributed by atoms with E-state index in [1.165, 1.54) is 12.7 Å². The number of nitrogens with one attached hydrogen (secondary N) is 1. The average Bonchev–Trinajstić information content (AvgIpc) is 2.14. The molecule has 0 radical (unpaired) electrons. The van der Waals surface area contributed by atoms with Crippen LogP contribution in [0.1, 0.15) is 27.2 Å². The Morgan fingerprint density at radius 1 is 1.31 bits per heavy atom. The van der Waals surface area contributed by atoms with Gasteiger partial charge in [-0.05, 0) is 37.2 Å². The molecule has 0 amide bonds. The van der Waals surface area contributed by atoms with Crippen molar-refractivity contribution in [2.45, 2.75) is 27.2 Å². The molecule has 0 spiro atoms. The van der Waals surface area contributed by atoms with Gasteiger partial charge in [0, 0.05) is 5.70 Å². The Morgan fingerprint density at radius 2 is 1.88 bits per heavy atom. The Hall–Kier alpha value is -0.770. The predicted molar refractivity (Wildman–Crippen MR) is 67.3 cm³/mol. The summed E-state index contributed by atoms with van der Waals surface area (Å²) in [6, 6.07) is 0. The Balaban J connectivity index is 2.61. The maximum atomic E-state index is 11.1. The molecule has 0 aromatic carbocycles. The molecule has 0 bridgehead atoms. The third-order valence-corrected chi connectivity index (χ3v) is 3.78. The normalized spacial score (nSPS) is 31.5. The van der Waals surface area contributed by atoms with Crippen LogP contribution >= 0.6 is 0 Å². The van der Waals surface area contributed by atoms with Crippen LogP contribution in [0.4, 0.5) is 0 Å². The Kier molecular flexibility index (Phi) is 4.19. The van der Waals surface area contributed by atoms with Crippen molar-refractivity contribution in [2.75, 3.05) is 6.26 Å². The van der Waals surface area contributed by atoms with Crippen molar-refractivity contribution in [3.63, 3.8) is 0 Å². The second-order valence-electron chi connectivity index (χ2n) is 4.74. The SMILES string of the molecule is C/C=C(\C=C/C1C(C)CC1C)NS(C)(=O)=O. The van der Waals surface area contributed by atoms with Crippen LogP contribution in [0.15, 0.2) is 23.9 Å². The molecular formula is C12H21NO2S. The first-order chi connectivity index (χ1) is 7.33. The van der Waals surface area contributed by atoms with E-state index in [9.17, 15) is 8.42 Å². The van der Waals surface area contributed by atoms with Crippen molar-refractivity contribution in [1.29, 1.82) is 0 Å². The molecule has 0 heterocycles. The maximum absolute atomic E-state index is 11.1. The summed E-state index contributed by atoms with van der Waals surface area (Å²) in [6.45, 7) is 6.29. The molecule has 1 aliphatic carbocycles. The van der Waals surface area contributed by atoms with Gasteiger partial charge in [-0.1, -0.05) is 26.0 Å². The van der Waals surface area contributed by atoms with Crippen molar-refractivity contribution in [1.82, 2.24) is 4.72 Å². The summed E-state index contributed by atoms with van der Waals surface area (Å²) in [4.78, 5) is 0. The van der Waals surface area contributed by atoms with Crippen LogP contribution in [0.5, 0.6) is 0 Å². The van der Waals surface area contributed by atoms with Gasteiger partial charge in [-0.25, -0.2) is 8.42 Å². The molecule has 1 rings (SSSR count). The molecule has 0 aromatic heterocycles. The van der Waals surface area contributed by atoms with E-state index in [1.807, 2.05) is 13.0 Å². The second-order valence-corrected chi connectivity index (χ2v) is 6.49. The van der Waals surface area contributed by atoms with Gasteiger partial charge in [-0.3, -0.25) is 4.72 Å². The summed E-state index contributed by atoms with van der Waals surface area (Å²) in [7, 11) is -3.17. The van der Waals surface area contributed by atoms with Gasteiger partial charge in [0.15, 0.2) is 0 Å². The van der Waals surface area contributed by atoms with E-state index in [4.69, 9.17) is 0 Å². The summed E-state index contributed by atoms with van der Waals surface area (Å²) in [5.74, 6) is 2.00. The van der Waals surface area contributed by atoms with Gasteiger partial charge in [0.2, 0.25) is 10.0 Å². The van der Waals surface area contributed by atoms with Crippen LogP contribution in [0.3, 0.4) is 0 Å². The molecule has 16 heavy (non-hydrogen) atoms. The number of rotatable bonds is 4. The summed E-state index contributed by atoms with van der Waals surface area (Å²) >= 11 is 0. The van der Waals surface area contributed by atoms with Crippen LogP contribution in [0.2, 0.25) is 0 Å². The first-order valence-electron chi connectivity index (χ1n) is 5.65. The van der Waals surface area contributed by atoms with E-state index in [1.54, 1.807) is 6.08 Å². The van der Waals surface area contributed by atoms with Crippen molar-refractivity contribution in [3.8, 4) is 0 Å². The number of sulfonamides is 1. The van der Waals surface area contributed by atoms with Crippen molar-refractivity contribution >= 4 is 10.0 Å². The zero-order chi connectivity index (χ0) is 12.3. The maximum Gasteiger partial charge on any atom is 0.229 e. The second kappa shape index (κ2) is 5.04. The van der Waals surface area contributed by atoms with Crippen LogP contribution in [0, 0.1) is 17.8 Å². The lowest BCUT2D eigenvalue weighted by atomic mass is 9.66. The minimum atomic E-state index is -3.17. The fraction of sp³-hybridized carbons (Fsp3) is 0.667. The quantitative estimate of drug-likeness (QED) is 0.770. The van der Waals surface area contributed by atoms with E-state index in [0.717, 1.165) is 0 Å². The Morgan fingerprint density at radius 3 is 2.25 bits per heavy atom. The highest BCUT2D eigenvalue weighted by Crippen LogP contribution is 2.40. The molecule has 1 N–H and O–H groups in total. The lowest BCUT2D eigenvalue weighted by Gasteiger charge is -2.39. The number of hydrogen-bond acceptors (Lipinski definition) is 2. The molecule has 1 fully saturated rings. The first-order valence-corrected chi connectivity index (χ1v) is 7.55. The van der Waals surface area contributed by atoms with Crippen molar-refractivity contribution in [3.05, 3.63) is 23.9 Å². The minimum absolute atomic E-state index is 0.580. The standard InChI is InChI=1S/C12H21NO2S/c1-5-11(13-16(4,14)15)6-7-12-9(2)8-10(12)3/h5-7,9-10,12-13H,8H2,1-4H3/b7-6-,11-5+. The summed E-state index contributed by atoms with van der Waals surface area (Å²) in [6.07, 6.45) is 8.19. The summed E-state index contributed by atoms with van der Waals surface area (Å²) in [5, 5.41) is 0. The average molecular weight is 243 g/mol. The fourth-order valence-electron chi connectivity index (χ4n) is 2.26. The fourth-order valence-corrected chi connectivity index (χ4v) is 2.88. The minimum Gasteiger partial charge on any atom is -0.284 e. The molecule has 2 unspecified atom stereocenters. The van der Waals surface area contributed by atoms with E-state index < -0.39 is 10.0 Å². The van der Waals surface area contributed by atoms with E-state index in [2.05, 4.69) is 24.6 Å². The van der Waals surface area contributed by atoms with E-state index in [0.29, 0.717) is 23.5 Å². The highest BCUT2D eigenvalue weighted by atomic mass is 32.2. The van der Waals surface area contributed by atoms with Crippen LogP contribution in [-0.2, 0) is 10.0 Å². The van der Waals surface area contributed by atoms with Crippen LogP contribution < -0.4 is 4.72 Å². The highest BCUT2D eigenvalue weighted by Gasteiger charge is 2.32. The van der Waals surface area contributed by atoms with Crippen LogP contribution in [-0.4, -0.2) is 14.7 Å². The largest absolute Gasteiger partial charge is 0.284 e. The topological polar surface area (TPSA) is 46.2 Å². The van der Waals surface area contributed by atoms with Gasteiger partial charge in [-0.2, -0.15) is 0 Å². The van der Waals surface area contributed by atoms with E-state index in [-0.39, 0.29) is 0 Å².